The van der Waals surface area contributed by atoms with Gasteiger partial charge in [0, 0.05) is 12.1 Å². The molecule has 0 aliphatic carbocycles. The number of carbonyl (C=O) groups excluding carboxylic acids is 1. The van der Waals surface area contributed by atoms with Crippen molar-refractivity contribution in [3.05, 3.63) is 23.8 Å². The molecule has 0 atom stereocenters. The van der Waals surface area contributed by atoms with Crippen LogP contribution in [0.3, 0.4) is 0 Å². The zero-order valence-electron chi connectivity index (χ0n) is 11.6. The van der Waals surface area contributed by atoms with E-state index in [4.69, 9.17) is 5.73 Å². The molecule has 0 heterocycles. The number of hydrogen-bond donors (Lipinski definition) is 4. The second-order valence-electron chi connectivity index (χ2n) is 5.18. The highest BCUT2D eigenvalue weighted by atomic mass is 32.2. The summed E-state index contributed by atoms with van der Waals surface area (Å²) < 4.78 is 24.8. The maximum absolute atomic E-state index is 11.9. The maximum atomic E-state index is 11.9. The third kappa shape index (κ3) is 4.71. The van der Waals surface area contributed by atoms with E-state index in [1.807, 2.05) is 0 Å². The van der Waals surface area contributed by atoms with Crippen molar-refractivity contribution in [3.8, 4) is 5.75 Å². The average molecular weight is 301 g/mol. The van der Waals surface area contributed by atoms with Crippen LogP contribution in [0.4, 0.5) is 5.69 Å². The third-order valence-electron chi connectivity index (χ3n) is 2.46. The molecule has 0 spiro atoms. The van der Waals surface area contributed by atoms with Crippen molar-refractivity contribution in [1.29, 1.82) is 0 Å². The molecule has 0 fully saturated rings. The Labute approximate surface area is 118 Å². The minimum absolute atomic E-state index is 0.0418. The van der Waals surface area contributed by atoms with Gasteiger partial charge < -0.3 is 16.2 Å². The van der Waals surface area contributed by atoms with Crippen LogP contribution in [0.25, 0.3) is 0 Å². The SMILES string of the molecule is CC(C)(CNC(=O)c1cccc(N)c1O)NS(C)(=O)=O. The highest BCUT2D eigenvalue weighted by Gasteiger charge is 2.23. The quantitative estimate of drug-likeness (QED) is 0.451. The van der Waals surface area contributed by atoms with Crippen molar-refractivity contribution in [2.24, 2.45) is 0 Å². The standard InChI is InChI=1S/C12H19N3O4S/c1-12(2,15-20(3,18)19)7-14-11(17)8-5-4-6-9(13)10(8)16/h4-6,15-16H,7,13H2,1-3H3,(H,14,17). The molecule has 1 aromatic carbocycles. The van der Waals surface area contributed by atoms with Gasteiger partial charge >= 0.3 is 0 Å². The molecule has 1 amide bonds. The molecule has 0 aliphatic heterocycles. The van der Waals surface area contributed by atoms with Gasteiger partial charge in [-0.15, -0.1) is 0 Å². The Balaban J connectivity index is 2.75. The summed E-state index contributed by atoms with van der Waals surface area (Å²) in [6.07, 6.45) is 1.04. The topological polar surface area (TPSA) is 122 Å². The van der Waals surface area contributed by atoms with Crippen LogP contribution in [0, 0.1) is 0 Å². The molecule has 0 saturated carbocycles. The molecule has 112 valence electrons. The molecule has 0 bridgehead atoms. The van der Waals surface area contributed by atoms with Gasteiger partial charge in [-0.3, -0.25) is 4.79 Å². The van der Waals surface area contributed by atoms with Gasteiger partial charge in [-0.1, -0.05) is 6.07 Å². The van der Waals surface area contributed by atoms with Crippen molar-refractivity contribution in [2.45, 2.75) is 19.4 Å². The van der Waals surface area contributed by atoms with E-state index in [0.29, 0.717) is 0 Å². The number of para-hydroxylation sites is 1. The number of benzene rings is 1. The fourth-order valence-electron chi connectivity index (χ4n) is 1.68. The van der Waals surface area contributed by atoms with Crippen molar-refractivity contribution in [2.75, 3.05) is 18.5 Å². The van der Waals surface area contributed by atoms with E-state index in [0.717, 1.165) is 6.26 Å². The van der Waals surface area contributed by atoms with Gasteiger partial charge in [0.25, 0.3) is 5.91 Å². The summed E-state index contributed by atoms with van der Waals surface area (Å²) >= 11 is 0. The number of rotatable bonds is 5. The first-order valence-corrected chi connectivity index (χ1v) is 7.75. The van der Waals surface area contributed by atoms with Gasteiger partial charge in [0.05, 0.1) is 17.5 Å². The van der Waals surface area contributed by atoms with Crippen LogP contribution < -0.4 is 15.8 Å². The van der Waals surface area contributed by atoms with Gasteiger partial charge in [0.15, 0.2) is 5.75 Å². The first-order chi connectivity index (χ1) is 9.02. The molecule has 0 saturated heterocycles. The fourth-order valence-corrected chi connectivity index (χ4v) is 2.75. The van der Waals surface area contributed by atoms with E-state index in [2.05, 4.69) is 10.0 Å². The lowest BCUT2D eigenvalue weighted by Crippen LogP contribution is -2.51. The Hall–Kier alpha value is -1.80. The molecule has 7 nitrogen and oxygen atoms in total. The number of nitrogen functional groups attached to an aromatic ring is 1. The minimum atomic E-state index is -3.38. The predicted molar refractivity (Wildman–Crippen MR) is 76.9 cm³/mol. The average Bonchev–Trinajstić information content (AvgIpc) is 2.27. The maximum Gasteiger partial charge on any atom is 0.255 e. The number of nitrogens with one attached hydrogen (secondary N) is 2. The lowest BCUT2D eigenvalue weighted by Gasteiger charge is -2.25. The van der Waals surface area contributed by atoms with Crippen LogP contribution in [-0.2, 0) is 10.0 Å². The predicted octanol–water partition coefficient (Wildman–Crippen LogP) is 0.0320. The number of amides is 1. The van der Waals surface area contributed by atoms with Gasteiger partial charge in [0.1, 0.15) is 0 Å². The molecule has 5 N–H and O–H groups in total. The van der Waals surface area contributed by atoms with E-state index in [1.54, 1.807) is 19.9 Å². The van der Waals surface area contributed by atoms with E-state index in [-0.39, 0.29) is 23.5 Å². The smallest absolute Gasteiger partial charge is 0.255 e. The number of phenols is 1. The number of carbonyl (C=O) groups is 1. The Morgan fingerprint density at radius 2 is 2.00 bits per heavy atom. The van der Waals surface area contributed by atoms with Crippen LogP contribution in [0.2, 0.25) is 0 Å². The Morgan fingerprint density at radius 3 is 2.55 bits per heavy atom. The van der Waals surface area contributed by atoms with Crippen molar-refractivity contribution in [3.63, 3.8) is 0 Å². The van der Waals surface area contributed by atoms with Crippen molar-refractivity contribution < 1.29 is 18.3 Å². The molecule has 20 heavy (non-hydrogen) atoms. The Morgan fingerprint density at radius 1 is 1.40 bits per heavy atom. The number of aromatic hydroxyl groups is 1. The molecule has 0 radical (unpaired) electrons. The first kappa shape index (κ1) is 16.3. The van der Waals surface area contributed by atoms with Crippen LogP contribution >= 0.6 is 0 Å². The van der Waals surface area contributed by atoms with Gasteiger partial charge in [-0.25, -0.2) is 13.1 Å². The zero-order chi connectivity index (χ0) is 15.6. The summed E-state index contributed by atoms with van der Waals surface area (Å²) in [6.45, 7) is 3.33. The van der Waals surface area contributed by atoms with Crippen LogP contribution in [-0.4, -0.2) is 37.8 Å². The fraction of sp³-hybridized carbons (Fsp3) is 0.417. The summed E-state index contributed by atoms with van der Waals surface area (Å²) in [7, 11) is -3.38. The van der Waals surface area contributed by atoms with E-state index in [1.165, 1.54) is 12.1 Å². The Kier molecular flexibility index (Phi) is 4.61. The number of phenolic OH excluding ortho intramolecular Hbond substituents is 1. The summed E-state index contributed by atoms with van der Waals surface area (Å²) in [5, 5.41) is 12.2. The number of hydrogen-bond acceptors (Lipinski definition) is 5. The Bertz CT molecular complexity index is 611. The molecule has 8 heteroatoms. The molecular weight excluding hydrogens is 282 g/mol. The lowest BCUT2D eigenvalue weighted by atomic mass is 10.1. The third-order valence-corrected chi connectivity index (χ3v) is 3.39. The van der Waals surface area contributed by atoms with Gasteiger partial charge in [0.2, 0.25) is 10.0 Å². The molecule has 0 aliphatic rings. The zero-order valence-corrected chi connectivity index (χ0v) is 12.4. The second-order valence-corrected chi connectivity index (χ2v) is 6.93. The highest BCUT2D eigenvalue weighted by Crippen LogP contribution is 2.24. The largest absolute Gasteiger partial charge is 0.505 e. The summed E-state index contributed by atoms with van der Waals surface area (Å²) in [6, 6.07) is 4.45. The van der Waals surface area contributed by atoms with Crippen molar-refractivity contribution in [1.82, 2.24) is 10.0 Å². The van der Waals surface area contributed by atoms with E-state index >= 15 is 0 Å². The molecule has 0 unspecified atom stereocenters. The van der Waals surface area contributed by atoms with Crippen LogP contribution in [0.5, 0.6) is 5.75 Å². The monoisotopic (exact) mass is 301 g/mol. The molecular formula is C12H19N3O4S. The number of anilines is 1. The van der Waals surface area contributed by atoms with Crippen LogP contribution in [0.15, 0.2) is 18.2 Å². The summed E-state index contributed by atoms with van der Waals surface area (Å²) in [4.78, 5) is 11.9. The molecule has 1 aromatic rings. The van der Waals surface area contributed by atoms with Crippen molar-refractivity contribution >= 4 is 21.6 Å². The number of sulfonamides is 1. The van der Waals surface area contributed by atoms with Crippen LogP contribution in [0.1, 0.15) is 24.2 Å². The number of nitrogens with two attached hydrogens (primary N) is 1. The van der Waals surface area contributed by atoms with Gasteiger partial charge in [-0.2, -0.15) is 0 Å². The normalized spacial score (nSPS) is 12.2. The lowest BCUT2D eigenvalue weighted by molar-refractivity contribution is 0.0942. The highest BCUT2D eigenvalue weighted by molar-refractivity contribution is 7.88. The van der Waals surface area contributed by atoms with E-state index < -0.39 is 21.5 Å². The molecule has 1 rings (SSSR count). The molecule has 0 aromatic heterocycles. The van der Waals surface area contributed by atoms with E-state index in [9.17, 15) is 18.3 Å². The van der Waals surface area contributed by atoms with Gasteiger partial charge in [-0.05, 0) is 26.0 Å². The summed E-state index contributed by atoms with van der Waals surface area (Å²) in [5.74, 6) is -0.822. The minimum Gasteiger partial charge on any atom is -0.505 e. The second kappa shape index (κ2) is 5.68. The first-order valence-electron chi connectivity index (χ1n) is 5.86. The summed E-state index contributed by atoms with van der Waals surface area (Å²) in [5.41, 5.74) is 4.80.